The van der Waals surface area contributed by atoms with Crippen LogP contribution in [-0.4, -0.2) is 18.2 Å². The molecule has 2 aromatic rings. The van der Waals surface area contributed by atoms with Crippen LogP contribution in [0.3, 0.4) is 0 Å². The van der Waals surface area contributed by atoms with E-state index in [1.807, 2.05) is 0 Å². The highest BCUT2D eigenvalue weighted by molar-refractivity contribution is 5.89. The molecule has 2 aromatic carbocycles. The Balaban J connectivity index is 2.58. The third kappa shape index (κ3) is 2.70. The van der Waals surface area contributed by atoms with Crippen molar-refractivity contribution in [2.24, 2.45) is 0 Å². The lowest BCUT2D eigenvalue weighted by Gasteiger charge is -2.10. The van der Waals surface area contributed by atoms with Gasteiger partial charge in [0.05, 0.1) is 12.7 Å². The summed E-state index contributed by atoms with van der Waals surface area (Å²) < 4.78 is 31.4. The zero-order chi connectivity index (χ0) is 14.0. The molecule has 0 spiro atoms. The number of ether oxygens (including phenoxy) is 1. The van der Waals surface area contributed by atoms with Crippen molar-refractivity contribution in [1.29, 1.82) is 0 Å². The summed E-state index contributed by atoms with van der Waals surface area (Å²) in [6.45, 7) is 0. The molecule has 0 unspecified atom stereocenters. The molecule has 0 atom stereocenters. The molecule has 0 fully saturated rings. The fourth-order valence-corrected chi connectivity index (χ4v) is 1.77. The van der Waals surface area contributed by atoms with E-state index in [2.05, 4.69) is 0 Å². The molecule has 3 nitrogen and oxygen atoms in total. The Kier molecular flexibility index (Phi) is 3.46. The fraction of sp³-hybridized carbons (Fsp3) is 0.0714. The van der Waals surface area contributed by atoms with Crippen LogP contribution in [-0.2, 0) is 0 Å². The standard InChI is InChI=1S/C14H10F2O3/c1-19-13-6-8(14(17)18)2-3-12(13)9-4-10(15)7-11(16)5-9/h2-7H,1H3,(H,17,18). The molecular weight excluding hydrogens is 254 g/mol. The summed E-state index contributed by atoms with van der Waals surface area (Å²) in [7, 11) is 1.36. The van der Waals surface area contributed by atoms with Crippen LogP contribution in [0, 0.1) is 11.6 Å². The van der Waals surface area contributed by atoms with Crippen molar-refractivity contribution >= 4 is 5.97 Å². The molecule has 0 saturated heterocycles. The first-order valence-electron chi connectivity index (χ1n) is 5.39. The van der Waals surface area contributed by atoms with Crippen molar-refractivity contribution in [2.45, 2.75) is 0 Å². The summed E-state index contributed by atoms with van der Waals surface area (Å²) in [6.07, 6.45) is 0. The van der Waals surface area contributed by atoms with Gasteiger partial charge in [0.15, 0.2) is 0 Å². The van der Waals surface area contributed by atoms with Crippen molar-refractivity contribution in [3.8, 4) is 16.9 Å². The first kappa shape index (κ1) is 13.0. The van der Waals surface area contributed by atoms with Crippen molar-refractivity contribution in [3.63, 3.8) is 0 Å². The molecule has 0 aromatic heterocycles. The van der Waals surface area contributed by atoms with Crippen molar-refractivity contribution in [3.05, 3.63) is 53.6 Å². The number of methoxy groups -OCH3 is 1. The minimum absolute atomic E-state index is 0.0393. The first-order valence-corrected chi connectivity index (χ1v) is 5.39. The molecule has 0 aliphatic rings. The van der Waals surface area contributed by atoms with E-state index in [-0.39, 0.29) is 16.9 Å². The summed E-state index contributed by atoms with van der Waals surface area (Å²) >= 11 is 0. The maximum Gasteiger partial charge on any atom is 0.335 e. The molecule has 0 amide bonds. The number of aromatic carboxylic acids is 1. The lowest BCUT2D eigenvalue weighted by molar-refractivity contribution is 0.0696. The van der Waals surface area contributed by atoms with E-state index in [9.17, 15) is 13.6 Å². The molecule has 0 aliphatic carbocycles. The second kappa shape index (κ2) is 5.06. The van der Waals surface area contributed by atoms with Crippen LogP contribution in [0.4, 0.5) is 8.78 Å². The van der Waals surface area contributed by atoms with Gasteiger partial charge in [-0.2, -0.15) is 0 Å². The molecule has 0 radical (unpaired) electrons. The van der Waals surface area contributed by atoms with Crippen molar-refractivity contribution in [1.82, 2.24) is 0 Å². The average Bonchev–Trinajstić information content (AvgIpc) is 2.36. The van der Waals surface area contributed by atoms with Crippen molar-refractivity contribution in [2.75, 3.05) is 7.11 Å². The summed E-state index contributed by atoms with van der Waals surface area (Å²) in [5, 5.41) is 8.88. The van der Waals surface area contributed by atoms with Gasteiger partial charge >= 0.3 is 5.97 Å². The summed E-state index contributed by atoms with van der Waals surface area (Å²) in [6, 6.07) is 7.18. The molecular formula is C14H10F2O3. The van der Waals surface area contributed by atoms with Gasteiger partial charge in [0.1, 0.15) is 17.4 Å². The Morgan fingerprint density at radius 2 is 1.74 bits per heavy atom. The number of hydrogen-bond donors (Lipinski definition) is 1. The normalized spacial score (nSPS) is 10.3. The fourth-order valence-electron chi connectivity index (χ4n) is 1.77. The predicted octanol–water partition coefficient (Wildman–Crippen LogP) is 3.34. The number of halogens is 2. The van der Waals surface area contributed by atoms with Gasteiger partial charge in [0, 0.05) is 11.6 Å². The van der Waals surface area contributed by atoms with Crippen LogP contribution in [0.15, 0.2) is 36.4 Å². The van der Waals surface area contributed by atoms with E-state index in [4.69, 9.17) is 9.84 Å². The van der Waals surface area contributed by atoms with Crippen LogP contribution >= 0.6 is 0 Å². The summed E-state index contributed by atoms with van der Waals surface area (Å²) in [4.78, 5) is 10.8. The van der Waals surface area contributed by atoms with E-state index < -0.39 is 17.6 Å². The number of benzene rings is 2. The van der Waals surface area contributed by atoms with E-state index in [1.165, 1.54) is 25.3 Å². The number of hydrogen-bond acceptors (Lipinski definition) is 2. The number of carbonyl (C=O) groups is 1. The van der Waals surface area contributed by atoms with Gasteiger partial charge in [0.25, 0.3) is 0 Å². The Bertz CT molecular complexity index is 618. The molecule has 0 bridgehead atoms. The average molecular weight is 264 g/mol. The SMILES string of the molecule is COc1cc(C(=O)O)ccc1-c1cc(F)cc(F)c1. The van der Waals surface area contributed by atoms with Gasteiger partial charge in [-0.3, -0.25) is 0 Å². The monoisotopic (exact) mass is 264 g/mol. The zero-order valence-corrected chi connectivity index (χ0v) is 9.98. The molecule has 0 aliphatic heterocycles. The smallest absolute Gasteiger partial charge is 0.335 e. The molecule has 0 saturated carbocycles. The molecule has 2 rings (SSSR count). The highest BCUT2D eigenvalue weighted by Gasteiger charge is 2.12. The maximum atomic E-state index is 13.2. The second-order valence-electron chi connectivity index (χ2n) is 3.88. The lowest BCUT2D eigenvalue weighted by Crippen LogP contribution is -1.98. The molecule has 5 heteroatoms. The summed E-state index contributed by atoms with van der Waals surface area (Å²) in [5.74, 6) is -2.28. The predicted molar refractivity (Wildman–Crippen MR) is 65.3 cm³/mol. The van der Waals surface area contributed by atoms with Gasteiger partial charge in [-0.15, -0.1) is 0 Å². The Hall–Kier alpha value is -2.43. The van der Waals surface area contributed by atoms with E-state index in [1.54, 1.807) is 0 Å². The molecule has 98 valence electrons. The van der Waals surface area contributed by atoms with Crippen molar-refractivity contribution < 1.29 is 23.4 Å². The van der Waals surface area contributed by atoms with Crippen LogP contribution in [0.5, 0.6) is 5.75 Å². The second-order valence-corrected chi connectivity index (χ2v) is 3.88. The van der Waals surface area contributed by atoms with Gasteiger partial charge in [0.2, 0.25) is 0 Å². The van der Waals surface area contributed by atoms with Gasteiger partial charge in [-0.1, -0.05) is 0 Å². The van der Waals surface area contributed by atoms with E-state index in [0.29, 0.717) is 5.56 Å². The van der Waals surface area contributed by atoms with E-state index >= 15 is 0 Å². The topological polar surface area (TPSA) is 46.5 Å². The molecule has 1 N–H and O–H groups in total. The molecule has 0 heterocycles. The van der Waals surface area contributed by atoms with Crippen LogP contribution in [0.1, 0.15) is 10.4 Å². The summed E-state index contributed by atoms with van der Waals surface area (Å²) in [5.41, 5.74) is 0.745. The third-order valence-electron chi connectivity index (χ3n) is 2.62. The number of carboxylic acids is 1. The number of rotatable bonds is 3. The van der Waals surface area contributed by atoms with Crippen LogP contribution in [0.25, 0.3) is 11.1 Å². The zero-order valence-electron chi connectivity index (χ0n) is 9.98. The maximum absolute atomic E-state index is 13.2. The van der Waals surface area contributed by atoms with E-state index in [0.717, 1.165) is 18.2 Å². The number of carboxylic acid groups (broad SMARTS) is 1. The van der Waals surface area contributed by atoms with Crippen LogP contribution in [0.2, 0.25) is 0 Å². The minimum Gasteiger partial charge on any atom is -0.496 e. The van der Waals surface area contributed by atoms with Gasteiger partial charge < -0.3 is 9.84 Å². The minimum atomic E-state index is -1.10. The Labute approximate surface area is 108 Å². The third-order valence-corrected chi connectivity index (χ3v) is 2.62. The molecule has 19 heavy (non-hydrogen) atoms. The largest absolute Gasteiger partial charge is 0.496 e. The highest BCUT2D eigenvalue weighted by atomic mass is 19.1. The first-order chi connectivity index (χ1) is 9.01. The Morgan fingerprint density at radius 1 is 1.11 bits per heavy atom. The Morgan fingerprint density at radius 3 is 2.26 bits per heavy atom. The lowest BCUT2D eigenvalue weighted by atomic mass is 10.0. The quantitative estimate of drug-likeness (QED) is 0.924. The van der Waals surface area contributed by atoms with Gasteiger partial charge in [-0.25, -0.2) is 13.6 Å². The van der Waals surface area contributed by atoms with Crippen LogP contribution < -0.4 is 4.74 Å². The highest BCUT2D eigenvalue weighted by Crippen LogP contribution is 2.31. The van der Waals surface area contributed by atoms with Gasteiger partial charge in [-0.05, 0) is 35.9 Å².